The van der Waals surface area contributed by atoms with Crippen molar-refractivity contribution < 1.29 is 13.2 Å². The van der Waals surface area contributed by atoms with E-state index in [9.17, 15) is 13.2 Å². The maximum absolute atomic E-state index is 12.1. The van der Waals surface area contributed by atoms with E-state index in [1.165, 1.54) is 16.6 Å². The molecule has 0 aromatic heterocycles. The number of benzene rings is 1. The van der Waals surface area contributed by atoms with E-state index >= 15 is 0 Å². The summed E-state index contributed by atoms with van der Waals surface area (Å²) in [5, 5.41) is 0.827. The molecular formula is C14H16Cl2N2O3S. The van der Waals surface area contributed by atoms with Crippen molar-refractivity contribution in [2.24, 2.45) is 0 Å². The van der Waals surface area contributed by atoms with E-state index in [-0.39, 0.29) is 5.91 Å². The van der Waals surface area contributed by atoms with Gasteiger partial charge in [-0.2, -0.15) is 4.31 Å². The number of hydrogen-bond acceptors (Lipinski definition) is 3. The van der Waals surface area contributed by atoms with Crippen molar-refractivity contribution >= 4 is 45.2 Å². The summed E-state index contributed by atoms with van der Waals surface area (Å²) in [5.74, 6) is -0.177. The molecule has 5 nitrogen and oxygen atoms in total. The maximum Gasteiger partial charge on any atom is 0.246 e. The molecule has 0 N–H and O–H groups in total. The minimum Gasteiger partial charge on any atom is -0.337 e. The second kappa shape index (κ2) is 7.00. The lowest BCUT2D eigenvalue weighted by Gasteiger charge is -2.32. The van der Waals surface area contributed by atoms with Crippen LogP contribution in [-0.2, 0) is 14.8 Å². The number of halogens is 2. The van der Waals surface area contributed by atoms with Crippen LogP contribution < -0.4 is 0 Å². The zero-order valence-corrected chi connectivity index (χ0v) is 14.3. The van der Waals surface area contributed by atoms with Gasteiger partial charge in [0.05, 0.1) is 16.3 Å². The van der Waals surface area contributed by atoms with Crippen LogP contribution >= 0.6 is 23.2 Å². The molecule has 0 aliphatic carbocycles. The summed E-state index contributed by atoms with van der Waals surface area (Å²) in [7, 11) is -3.20. The number of carbonyl (C=O) groups is 1. The van der Waals surface area contributed by atoms with E-state index < -0.39 is 10.0 Å². The van der Waals surface area contributed by atoms with E-state index in [4.69, 9.17) is 23.2 Å². The summed E-state index contributed by atoms with van der Waals surface area (Å²) < 4.78 is 24.2. The first-order valence-electron chi connectivity index (χ1n) is 6.65. The van der Waals surface area contributed by atoms with Crippen LogP contribution in [-0.4, -0.2) is 56.0 Å². The second-order valence-corrected chi connectivity index (χ2v) is 7.73. The van der Waals surface area contributed by atoms with Gasteiger partial charge in [0.2, 0.25) is 15.9 Å². The van der Waals surface area contributed by atoms with Gasteiger partial charge in [-0.1, -0.05) is 35.3 Å². The minimum absolute atomic E-state index is 0.177. The predicted molar refractivity (Wildman–Crippen MR) is 88.5 cm³/mol. The van der Waals surface area contributed by atoms with Crippen LogP contribution in [0.4, 0.5) is 0 Å². The molecule has 22 heavy (non-hydrogen) atoms. The molecule has 1 aromatic rings. The molecule has 1 aliphatic heterocycles. The number of piperazine rings is 1. The highest BCUT2D eigenvalue weighted by atomic mass is 35.5. The van der Waals surface area contributed by atoms with Crippen molar-refractivity contribution in [1.82, 2.24) is 9.21 Å². The van der Waals surface area contributed by atoms with Crippen LogP contribution in [0.1, 0.15) is 5.56 Å². The van der Waals surface area contributed by atoms with Crippen LogP contribution in [0.5, 0.6) is 0 Å². The Bertz CT molecular complexity index is 696. The van der Waals surface area contributed by atoms with Crippen LogP contribution in [0, 0.1) is 0 Å². The predicted octanol–water partition coefficient (Wildman–Crippen LogP) is 2.11. The van der Waals surface area contributed by atoms with Gasteiger partial charge in [-0.15, -0.1) is 0 Å². The van der Waals surface area contributed by atoms with Crippen molar-refractivity contribution in [1.29, 1.82) is 0 Å². The van der Waals surface area contributed by atoms with Gasteiger partial charge in [-0.05, 0) is 17.7 Å². The molecule has 1 amide bonds. The van der Waals surface area contributed by atoms with Gasteiger partial charge >= 0.3 is 0 Å². The topological polar surface area (TPSA) is 57.7 Å². The van der Waals surface area contributed by atoms with Gasteiger partial charge in [0.15, 0.2) is 0 Å². The third-order valence-corrected chi connectivity index (χ3v) is 5.54. The Morgan fingerprint density at radius 1 is 1.18 bits per heavy atom. The summed E-state index contributed by atoms with van der Waals surface area (Å²) in [6.07, 6.45) is 4.21. The molecule has 0 saturated carbocycles. The van der Waals surface area contributed by atoms with Gasteiger partial charge in [-0.3, -0.25) is 4.79 Å². The zero-order chi connectivity index (χ0) is 16.3. The average Bonchev–Trinajstić information content (AvgIpc) is 2.48. The summed E-state index contributed by atoms with van der Waals surface area (Å²) in [5.41, 5.74) is 0.664. The van der Waals surface area contributed by atoms with E-state index in [1.54, 1.807) is 29.2 Å². The molecule has 0 atom stereocenters. The van der Waals surface area contributed by atoms with E-state index in [2.05, 4.69) is 0 Å². The molecule has 1 saturated heterocycles. The van der Waals surface area contributed by atoms with Crippen molar-refractivity contribution in [3.05, 3.63) is 39.9 Å². The van der Waals surface area contributed by atoms with E-state index in [1.807, 2.05) is 0 Å². The quantitative estimate of drug-likeness (QED) is 0.773. The number of rotatable bonds is 3. The van der Waals surface area contributed by atoms with Gasteiger partial charge < -0.3 is 4.90 Å². The fraction of sp³-hybridized carbons (Fsp3) is 0.357. The van der Waals surface area contributed by atoms with Crippen molar-refractivity contribution in [2.45, 2.75) is 0 Å². The summed E-state index contributed by atoms with van der Waals surface area (Å²) in [6, 6.07) is 5.19. The molecule has 0 radical (unpaired) electrons. The fourth-order valence-corrected chi connectivity index (χ4v) is 3.35. The second-order valence-electron chi connectivity index (χ2n) is 4.96. The number of sulfonamides is 1. The molecule has 2 rings (SSSR count). The van der Waals surface area contributed by atoms with Gasteiger partial charge in [0.25, 0.3) is 0 Å². The average molecular weight is 363 g/mol. The van der Waals surface area contributed by atoms with Gasteiger partial charge in [0.1, 0.15) is 0 Å². The largest absolute Gasteiger partial charge is 0.337 e. The lowest BCUT2D eigenvalue weighted by molar-refractivity contribution is -0.127. The highest BCUT2D eigenvalue weighted by Crippen LogP contribution is 2.26. The highest BCUT2D eigenvalue weighted by Gasteiger charge is 2.24. The molecular weight excluding hydrogens is 347 g/mol. The van der Waals surface area contributed by atoms with E-state index in [0.29, 0.717) is 41.8 Å². The number of carbonyl (C=O) groups excluding carboxylic acids is 1. The van der Waals surface area contributed by atoms with Crippen molar-refractivity contribution in [3.63, 3.8) is 0 Å². The third-order valence-electron chi connectivity index (χ3n) is 3.41. The van der Waals surface area contributed by atoms with Crippen LogP contribution in [0.15, 0.2) is 24.3 Å². The maximum atomic E-state index is 12.1. The summed E-state index contributed by atoms with van der Waals surface area (Å²) in [6.45, 7) is 1.38. The standard InChI is InChI=1S/C14H16Cl2N2O3S/c1-22(20,21)18-9-7-17(8-10-18)13(19)6-5-11-3-2-4-12(15)14(11)16/h2-6H,7-10H2,1H3. The number of hydrogen-bond donors (Lipinski definition) is 0. The first kappa shape index (κ1) is 17.3. The van der Waals surface area contributed by atoms with Crippen LogP contribution in [0.25, 0.3) is 6.08 Å². The third kappa shape index (κ3) is 4.23. The molecule has 1 fully saturated rings. The zero-order valence-electron chi connectivity index (χ0n) is 12.0. The fourth-order valence-electron chi connectivity index (χ4n) is 2.16. The van der Waals surface area contributed by atoms with Gasteiger partial charge in [0, 0.05) is 32.3 Å². The number of amides is 1. The molecule has 0 unspecified atom stereocenters. The summed E-state index contributed by atoms with van der Waals surface area (Å²) in [4.78, 5) is 13.7. The number of nitrogens with zero attached hydrogens (tertiary/aromatic N) is 2. The monoisotopic (exact) mass is 362 g/mol. The van der Waals surface area contributed by atoms with Crippen LogP contribution in [0.3, 0.4) is 0 Å². The van der Waals surface area contributed by atoms with Gasteiger partial charge in [-0.25, -0.2) is 8.42 Å². The molecule has 0 spiro atoms. The SMILES string of the molecule is CS(=O)(=O)N1CCN(C(=O)C=Cc2cccc(Cl)c2Cl)CC1. The molecule has 120 valence electrons. The van der Waals surface area contributed by atoms with Crippen LogP contribution in [0.2, 0.25) is 10.0 Å². The first-order valence-corrected chi connectivity index (χ1v) is 9.25. The lowest BCUT2D eigenvalue weighted by atomic mass is 10.2. The Morgan fingerprint density at radius 2 is 1.82 bits per heavy atom. The van der Waals surface area contributed by atoms with Crippen molar-refractivity contribution in [3.8, 4) is 0 Å². The highest BCUT2D eigenvalue weighted by molar-refractivity contribution is 7.88. The molecule has 8 heteroatoms. The Kier molecular flexibility index (Phi) is 5.50. The lowest BCUT2D eigenvalue weighted by Crippen LogP contribution is -2.49. The Hall–Kier alpha value is -1.08. The molecule has 1 heterocycles. The smallest absolute Gasteiger partial charge is 0.246 e. The Morgan fingerprint density at radius 3 is 2.41 bits per heavy atom. The Balaban J connectivity index is 1.99. The normalized spacial score (nSPS) is 17.1. The van der Waals surface area contributed by atoms with Crippen molar-refractivity contribution in [2.75, 3.05) is 32.4 Å². The summed E-state index contributed by atoms with van der Waals surface area (Å²) >= 11 is 12.0. The molecule has 0 bridgehead atoms. The molecule has 1 aliphatic rings. The Labute approximate surface area is 140 Å². The first-order chi connectivity index (χ1) is 10.3. The minimum atomic E-state index is -3.20. The van der Waals surface area contributed by atoms with E-state index in [0.717, 1.165) is 0 Å². The molecule has 1 aromatic carbocycles.